The molecule has 0 fully saturated rings. The van der Waals surface area contributed by atoms with Gasteiger partial charge in [0, 0.05) is 16.8 Å². The molecule has 2 aliphatic rings. The quantitative estimate of drug-likeness (QED) is 0.0578. The minimum atomic E-state index is -5.35. The van der Waals surface area contributed by atoms with Crippen molar-refractivity contribution >= 4 is 82.6 Å². The van der Waals surface area contributed by atoms with Gasteiger partial charge in [0.15, 0.2) is 0 Å². The van der Waals surface area contributed by atoms with Crippen molar-refractivity contribution < 1.29 is 147 Å². The number of hydrogen-bond donors (Lipinski definition) is 3. The van der Waals surface area contributed by atoms with Gasteiger partial charge in [-0.05, 0) is 89.0 Å². The number of nitrogens with one attached hydrogen (secondary N) is 2. The maximum atomic E-state index is 13.2. The maximum Gasteiger partial charge on any atom is 1.00 e. The largest absolute Gasteiger partial charge is 1.00 e. The van der Waals surface area contributed by atoms with Crippen LogP contribution in [0.4, 0.5) is 17.1 Å². The molecule has 24 heteroatoms. The second-order valence-electron chi connectivity index (χ2n) is 11.6. The first-order valence-electron chi connectivity index (χ1n) is 15.3. The fourth-order valence-electron chi connectivity index (χ4n) is 5.59. The zero-order valence-electron chi connectivity index (χ0n) is 31.1. The second kappa shape index (κ2) is 19.0. The maximum absolute atomic E-state index is 13.2. The average molecular weight is 876 g/mol. The normalized spacial score (nSPS) is 15.1. The fraction of sp³-hybridized carbons (Fsp3) is 0.0588. The Morgan fingerprint density at radius 2 is 1.05 bits per heavy atom. The fourth-order valence-corrected chi connectivity index (χ4v) is 7.33. The van der Waals surface area contributed by atoms with Crippen LogP contribution in [-0.4, -0.2) is 76.1 Å². The first kappa shape index (κ1) is 49.1. The predicted octanol–water partition coefficient (Wildman–Crippen LogP) is -6.30. The van der Waals surface area contributed by atoms with Gasteiger partial charge in [0.2, 0.25) is 11.6 Å². The van der Waals surface area contributed by atoms with Gasteiger partial charge in [0.1, 0.15) is 58.2 Å². The molecule has 4 aromatic carbocycles. The SMILES string of the molecule is COc1cc(-c2ccc(N/N=C3\C(=O)c4ccc(N)cc4C=C3S(=O)(=O)[O-])c(OC)c2)ccc1N/N=C1\C(=O)C(S(=O)(=O)[O-])=Cc2cc(S(=O)(=O)[O-])ccc21.[Na+].[Na+].[Na+]. The zero-order chi connectivity index (χ0) is 40.0. The molecule has 4 aromatic rings. The summed E-state index contributed by atoms with van der Waals surface area (Å²) in [5.41, 5.74) is 11.4. The number of carbonyl (C=O) groups is 2. The number of ether oxygens (including phenoxy) is 2. The summed E-state index contributed by atoms with van der Waals surface area (Å²) in [6.07, 6.45) is 1.69. The van der Waals surface area contributed by atoms with Crippen molar-refractivity contribution in [1.29, 1.82) is 0 Å². The molecule has 6 rings (SSSR count). The molecule has 0 radical (unpaired) electrons. The van der Waals surface area contributed by atoms with Crippen LogP contribution in [0.2, 0.25) is 0 Å². The van der Waals surface area contributed by atoms with Gasteiger partial charge in [-0.25, -0.2) is 25.3 Å². The van der Waals surface area contributed by atoms with Crippen molar-refractivity contribution in [2.24, 2.45) is 10.2 Å². The first-order valence-corrected chi connectivity index (χ1v) is 19.5. The number of methoxy groups -OCH3 is 2. The van der Waals surface area contributed by atoms with Gasteiger partial charge >= 0.3 is 88.7 Å². The number of anilines is 3. The van der Waals surface area contributed by atoms with Gasteiger partial charge in [-0.15, -0.1) is 0 Å². The van der Waals surface area contributed by atoms with Gasteiger partial charge in [-0.1, -0.05) is 18.2 Å². The number of Topliss-reactive ketones (excluding diaryl/α,β-unsaturated/α-hetero) is 2. The third kappa shape index (κ3) is 10.4. The van der Waals surface area contributed by atoms with E-state index in [1.807, 2.05) is 0 Å². The Balaban J connectivity index is 0.00000300. The molecule has 0 saturated carbocycles. The summed E-state index contributed by atoms with van der Waals surface area (Å²) in [7, 11) is -12.8. The van der Waals surface area contributed by atoms with Crippen LogP contribution >= 0.6 is 0 Å². The molecule has 0 bridgehead atoms. The smallest absolute Gasteiger partial charge is 0.744 e. The zero-order valence-corrected chi connectivity index (χ0v) is 39.5. The number of rotatable bonds is 10. The monoisotopic (exact) mass is 875 g/mol. The van der Waals surface area contributed by atoms with Crippen molar-refractivity contribution in [2.45, 2.75) is 4.90 Å². The summed E-state index contributed by atoms with van der Waals surface area (Å²) >= 11 is 0. The number of hydrazone groups is 2. The van der Waals surface area contributed by atoms with Crippen LogP contribution in [0, 0.1) is 0 Å². The summed E-state index contributed by atoms with van der Waals surface area (Å²) < 4.78 is 117. The van der Waals surface area contributed by atoms with E-state index in [0.29, 0.717) is 17.2 Å². The molecule has 0 amide bonds. The van der Waals surface area contributed by atoms with E-state index >= 15 is 0 Å². The van der Waals surface area contributed by atoms with Crippen LogP contribution < -0.4 is 115 Å². The Hall–Kier alpha value is -3.23. The third-order valence-corrected chi connectivity index (χ3v) is 10.7. The van der Waals surface area contributed by atoms with E-state index in [-0.39, 0.29) is 139 Å². The van der Waals surface area contributed by atoms with E-state index in [4.69, 9.17) is 15.2 Å². The van der Waals surface area contributed by atoms with Gasteiger partial charge < -0.3 is 28.9 Å². The number of fused-ring (bicyclic) bond motifs is 2. The van der Waals surface area contributed by atoms with Crippen molar-refractivity contribution in [3.8, 4) is 22.6 Å². The van der Waals surface area contributed by atoms with E-state index in [0.717, 1.165) is 24.3 Å². The first-order chi connectivity index (χ1) is 25.8. The van der Waals surface area contributed by atoms with Gasteiger partial charge in [-0.2, -0.15) is 10.2 Å². The van der Waals surface area contributed by atoms with Crippen molar-refractivity contribution in [3.63, 3.8) is 0 Å². The predicted molar refractivity (Wildman–Crippen MR) is 196 cm³/mol. The Bertz CT molecular complexity index is 2830. The minimum Gasteiger partial charge on any atom is -0.744 e. The number of hydrogen-bond acceptors (Lipinski definition) is 18. The van der Waals surface area contributed by atoms with Crippen LogP contribution in [-0.2, 0) is 35.1 Å². The molecule has 0 aliphatic heterocycles. The van der Waals surface area contributed by atoms with E-state index in [9.17, 15) is 48.5 Å². The van der Waals surface area contributed by atoms with Crippen molar-refractivity contribution in [1.82, 2.24) is 0 Å². The number of allylic oxidation sites excluding steroid dienone is 2. The molecule has 0 atom stereocenters. The van der Waals surface area contributed by atoms with Crippen LogP contribution in [0.5, 0.6) is 11.5 Å². The number of ketones is 2. The Kier molecular flexibility index (Phi) is 16.1. The van der Waals surface area contributed by atoms with Crippen LogP contribution in [0.15, 0.2) is 97.7 Å². The molecule has 4 N–H and O–H groups in total. The summed E-state index contributed by atoms with van der Waals surface area (Å²) in [5.74, 6) is -1.76. The molecular formula is C34H24N5Na3O13S3. The minimum absolute atomic E-state index is 0. The Labute approximate surface area is 398 Å². The van der Waals surface area contributed by atoms with E-state index in [2.05, 4.69) is 21.1 Å². The third-order valence-electron chi connectivity index (χ3n) is 8.20. The molecule has 18 nitrogen and oxygen atoms in total. The summed E-state index contributed by atoms with van der Waals surface area (Å²) in [5, 5.41) is 7.98. The molecule has 0 aromatic heterocycles. The molecular weight excluding hydrogens is 852 g/mol. The van der Waals surface area contributed by atoms with Gasteiger partial charge in [-0.3, -0.25) is 20.4 Å². The Morgan fingerprint density at radius 1 is 0.569 bits per heavy atom. The number of benzene rings is 4. The molecule has 2 aliphatic carbocycles. The number of nitrogen functional groups attached to an aromatic ring is 1. The van der Waals surface area contributed by atoms with Crippen molar-refractivity contribution in [3.05, 3.63) is 105 Å². The summed E-state index contributed by atoms with van der Waals surface area (Å²) in [4.78, 5) is 23.5. The molecule has 0 unspecified atom stereocenters. The second-order valence-corrected chi connectivity index (χ2v) is 15.7. The summed E-state index contributed by atoms with van der Waals surface area (Å²) in [6, 6.07) is 16.3. The number of carbonyl (C=O) groups excluding carboxylic acids is 2. The average Bonchev–Trinajstić information content (AvgIpc) is 3.12. The summed E-state index contributed by atoms with van der Waals surface area (Å²) in [6.45, 7) is 0. The molecule has 284 valence electrons. The van der Waals surface area contributed by atoms with Gasteiger partial charge in [0.25, 0.3) is 0 Å². The van der Waals surface area contributed by atoms with E-state index in [1.165, 1.54) is 44.6 Å². The van der Waals surface area contributed by atoms with Gasteiger partial charge in [0.05, 0.1) is 35.4 Å². The molecule has 58 heavy (non-hydrogen) atoms. The van der Waals surface area contributed by atoms with Crippen molar-refractivity contribution in [2.75, 3.05) is 30.8 Å². The van der Waals surface area contributed by atoms with E-state index < -0.39 is 68.0 Å². The molecule has 0 saturated heterocycles. The van der Waals surface area contributed by atoms with Crippen LogP contribution in [0.3, 0.4) is 0 Å². The van der Waals surface area contributed by atoms with Crippen LogP contribution in [0.25, 0.3) is 23.3 Å². The van der Waals surface area contributed by atoms with E-state index in [1.54, 1.807) is 24.3 Å². The molecule has 0 heterocycles. The molecule has 0 spiro atoms. The topological polar surface area (TPSA) is 299 Å². The number of nitrogens with two attached hydrogens (primary N) is 1. The van der Waals surface area contributed by atoms with Crippen LogP contribution in [0.1, 0.15) is 27.0 Å². The number of nitrogens with zero attached hydrogens (tertiary/aromatic N) is 2. The Morgan fingerprint density at radius 3 is 1.55 bits per heavy atom. The standard InChI is InChI=1S/C34H27N5O13S3.3Na/c1-51-27-13-17(3-9-25(27)36-38-31-23-8-6-22(53(42,43)44)12-20(23)16-30(34(31)41)55(48,49)50)18-4-10-26(28(14-18)52-2)37-39-32-29(54(45,46)47)15-19-11-21(35)5-7-24(19)33(32)40;;;/h3-16,36-37H,35H2,1-2H3,(H,42,43,44)(H,45,46,47)(H,48,49,50);;;/q;3*+1/p-3/b38-31-,39-32-;;;.